The Balaban J connectivity index is 2.14. The fourth-order valence-corrected chi connectivity index (χ4v) is 2.24. The molecule has 110 valence electrons. The molecule has 3 N–H and O–H groups in total. The Kier molecular flexibility index (Phi) is 4.94. The first kappa shape index (κ1) is 15.1. The lowest BCUT2D eigenvalue weighted by molar-refractivity contribution is 0.318. The number of pyridine rings is 2. The SMILES string of the molecule is CN(CCc1ccccn1)c1nccc(/C(N)=N/O)c1Cl. The second-order valence-corrected chi connectivity index (χ2v) is 4.85. The van der Waals surface area contributed by atoms with Crippen LogP contribution in [0.4, 0.5) is 5.82 Å². The van der Waals surface area contributed by atoms with Crippen molar-refractivity contribution in [1.82, 2.24) is 9.97 Å². The van der Waals surface area contributed by atoms with Crippen LogP contribution in [0.1, 0.15) is 11.3 Å². The molecule has 0 aromatic carbocycles. The summed E-state index contributed by atoms with van der Waals surface area (Å²) in [6.45, 7) is 0.698. The van der Waals surface area contributed by atoms with Gasteiger partial charge in [-0.15, -0.1) is 0 Å². The highest BCUT2D eigenvalue weighted by Crippen LogP contribution is 2.26. The molecule has 0 fully saturated rings. The lowest BCUT2D eigenvalue weighted by Crippen LogP contribution is -2.23. The van der Waals surface area contributed by atoms with Gasteiger partial charge in [0.15, 0.2) is 5.84 Å². The van der Waals surface area contributed by atoms with Crippen LogP contribution in [-0.4, -0.2) is 34.6 Å². The third kappa shape index (κ3) is 3.61. The van der Waals surface area contributed by atoms with Gasteiger partial charge in [-0.1, -0.05) is 22.8 Å². The van der Waals surface area contributed by atoms with E-state index in [0.29, 0.717) is 22.9 Å². The number of aromatic nitrogens is 2. The average Bonchev–Trinajstić information content (AvgIpc) is 2.53. The molecule has 7 heteroatoms. The molecule has 0 radical (unpaired) electrons. The molecule has 21 heavy (non-hydrogen) atoms. The average molecular weight is 306 g/mol. The van der Waals surface area contributed by atoms with E-state index < -0.39 is 0 Å². The van der Waals surface area contributed by atoms with E-state index in [9.17, 15) is 0 Å². The van der Waals surface area contributed by atoms with Crippen molar-refractivity contribution in [3.63, 3.8) is 0 Å². The Morgan fingerprint density at radius 3 is 2.81 bits per heavy atom. The molecule has 0 atom stereocenters. The van der Waals surface area contributed by atoms with E-state index in [1.54, 1.807) is 18.5 Å². The number of hydrogen-bond acceptors (Lipinski definition) is 5. The zero-order valence-electron chi connectivity index (χ0n) is 11.6. The van der Waals surface area contributed by atoms with E-state index in [2.05, 4.69) is 15.1 Å². The molecule has 0 bridgehead atoms. The van der Waals surface area contributed by atoms with E-state index in [1.807, 2.05) is 30.1 Å². The Morgan fingerprint density at radius 2 is 2.14 bits per heavy atom. The van der Waals surface area contributed by atoms with Crippen molar-refractivity contribution < 1.29 is 5.21 Å². The maximum atomic E-state index is 8.76. The topological polar surface area (TPSA) is 87.6 Å². The van der Waals surface area contributed by atoms with Crippen LogP contribution in [0.5, 0.6) is 0 Å². The number of halogens is 1. The van der Waals surface area contributed by atoms with Crippen LogP contribution in [0, 0.1) is 0 Å². The van der Waals surface area contributed by atoms with Crippen LogP contribution in [0.2, 0.25) is 5.02 Å². The summed E-state index contributed by atoms with van der Waals surface area (Å²) < 4.78 is 0. The monoisotopic (exact) mass is 305 g/mol. The van der Waals surface area contributed by atoms with Crippen molar-refractivity contribution in [2.45, 2.75) is 6.42 Å². The van der Waals surface area contributed by atoms with Gasteiger partial charge >= 0.3 is 0 Å². The normalized spacial score (nSPS) is 11.4. The summed E-state index contributed by atoms with van der Waals surface area (Å²) in [6, 6.07) is 7.40. The maximum Gasteiger partial charge on any atom is 0.171 e. The third-order valence-electron chi connectivity index (χ3n) is 3.05. The van der Waals surface area contributed by atoms with Gasteiger partial charge < -0.3 is 15.8 Å². The van der Waals surface area contributed by atoms with Crippen LogP contribution >= 0.6 is 11.6 Å². The van der Waals surface area contributed by atoms with E-state index in [4.69, 9.17) is 22.5 Å². The molecule has 2 heterocycles. The van der Waals surface area contributed by atoms with Crippen molar-refractivity contribution >= 4 is 23.3 Å². The lowest BCUT2D eigenvalue weighted by Gasteiger charge is -2.20. The number of nitrogens with two attached hydrogens (primary N) is 1. The summed E-state index contributed by atoms with van der Waals surface area (Å²) in [6.07, 6.45) is 4.11. The van der Waals surface area contributed by atoms with Gasteiger partial charge in [-0.2, -0.15) is 0 Å². The number of likely N-dealkylation sites (N-methyl/N-ethyl adjacent to an activating group) is 1. The standard InChI is InChI=1S/C14H16ClN5O/c1-20(9-6-10-4-2-3-7-17-10)14-12(15)11(5-8-18-14)13(16)19-21/h2-5,7-8,21H,6,9H2,1H3,(H2,16,19). The Bertz CT molecular complexity index is 633. The lowest BCUT2D eigenvalue weighted by atomic mass is 10.2. The minimum Gasteiger partial charge on any atom is -0.409 e. The molecular formula is C14H16ClN5O. The van der Waals surface area contributed by atoms with Gasteiger partial charge in [-0.05, 0) is 18.2 Å². The van der Waals surface area contributed by atoms with Gasteiger partial charge in [0.25, 0.3) is 0 Å². The summed E-state index contributed by atoms with van der Waals surface area (Å²) >= 11 is 6.27. The highest BCUT2D eigenvalue weighted by Gasteiger charge is 2.14. The maximum absolute atomic E-state index is 8.76. The van der Waals surface area contributed by atoms with E-state index >= 15 is 0 Å². The predicted octanol–water partition coefficient (Wildman–Crippen LogP) is 1.90. The predicted molar refractivity (Wildman–Crippen MR) is 83.0 cm³/mol. The Labute approximate surface area is 127 Å². The largest absolute Gasteiger partial charge is 0.409 e. The number of nitrogens with zero attached hydrogens (tertiary/aromatic N) is 4. The minimum atomic E-state index is -0.0400. The van der Waals surface area contributed by atoms with Crippen LogP contribution in [-0.2, 0) is 6.42 Å². The van der Waals surface area contributed by atoms with Gasteiger partial charge in [-0.3, -0.25) is 4.98 Å². The van der Waals surface area contributed by atoms with Crippen molar-refractivity contribution in [2.75, 3.05) is 18.5 Å². The van der Waals surface area contributed by atoms with Crippen molar-refractivity contribution in [3.8, 4) is 0 Å². The van der Waals surface area contributed by atoms with Crippen LogP contribution < -0.4 is 10.6 Å². The molecular weight excluding hydrogens is 290 g/mol. The van der Waals surface area contributed by atoms with E-state index in [1.165, 1.54) is 0 Å². The van der Waals surface area contributed by atoms with Crippen LogP contribution in [0.25, 0.3) is 0 Å². The quantitative estimate of drug-likeness (QED) is 0.381. The third-order valence-corrected chi connectivity index (χ3v) is 3.42. The van der Waals surface area contributed by atoms with E-state index in [0.717, 1.165) is 12.1 Å². The molecule has 2 rings (SSSR count). The first-order chi connectivity index (χ1) is 10.1. The summed E-state index contributed by atoms with van der Waals surface area (Å²) in [5.41, 5.74) is 7.03. The first-order valence-electron chi connectivity index (χ1n) is 6.37. The Morgan fingerprint density at radius 1 is 1.33 bits per heavy atom. The molecule has 0 saturated carbocycles. The summed E-state index contributed by atoms with van der Waals surface area (Å²) in [5.74, 6) is 0.540. The van der Waals surface area contributed by atoms with Crippen molar-refractivity contribution in [2.24, 2.45) is 10.9 Å². The molecule has 0 spiro atoms. The molecule has 0 aliphatic carbocycles. The molecule has 0 unspecified atom stereocenters. The number of hydrogen-bond donors (Lipinski definition) is 2. The van der Waals surface area contributed by atoms with E-state index in [-0.39, 0.29) is 5.84 Å². The zero-order chi connectivity index (χ0) is 15.2. The summed E-state index contributed by atoms with van der Waals surface area (Å²) in [5, 5.41) is 12.1. The molecule has 0 amide bonds. The van der Waals surface area contributed by atoms with Crippen molar-refractivity contribution in [1.29, 1.82) is 0 Å². The molecule has 2 aromatic heterocycles. The van der Waals surface area contributed by atoms with Gasteiger partial charge in [-0.25, -0.2) is 4.98 Å². The fourth-order valence-electron chi connectivity index (χ4n) is 1.88. The highest BCUT2D eigenvalue weighted by atomic mass is 35.5. The van der Waals surface area contributed by atoms with Crippen LogP contribution in [0.15, 0.2) is 41.8 Å². The summed E-state index contributed by atoms with van der Waals surface area (Å²) in [7, 11) is 1.88. The smallest absolute Gasteiger partial charge is 0.171 e. The van der Waals surface area contributed by atoms with Gasteiger partial charge in [0.2, 0.25) is 0 Å². The fraction of sp³-hybridized carbons (Fsp3) is 0.214. The zero-order valence-corrected chi connectivity index (χ0v) is 12.3. The van der Waals surface area contributed by atoms with Crippen molar-refractivity contribution in [3.05, 3.63) is 52.9 Å². The highest BCUT2D eigenvalue weighted by molar-refractivity contribution is 6.36. The first-order valence-corrected chi connectivity index (χ1v) is 6.74. The second-order valence-electron chi connectivity index (χ2n) is 4.47. The van der Waals surface area contributed by atoms with Gasteiger partial charge in [0.05, 0.1) is 5.02 Å². The molecule has 0 aliphatic heterocycles. The number of amidine groups is 1. The molecule has 6 nitrogen and oxygen atoms in total. The summed E-state index contributed by atoms with van der Waals surface area (Å²) in [4.78, 5) is 10.4. The second kappa shape index (κ2) is 6.90. The number of oxime groups is 1. The number of anilines is 1. The van der Waals surface area contributed by atoms with Crippen LogP contribution in [0.3, 0.4) is 0 Å². The Hall–Kier alpha value is -2.34. The van der Waals surface area contributed by atoms with Gasteiger partial charge in [0, 0.05) is 43.7 Å². The molecule has 2 aromatic rings. The van der Waals surface area contributed by atoms with Gasteiger partial charge in [0.1, 0.15) is 5.82 Å². The minimum absolute atomic E-state index is 0.0400. The number of rotatable bonds is 5. The molecule has 0 aliphatic rings. The molecule has 0 saturated heterocycles.